The van der Waals surface area contributed by atoms with Crippen LogP contribution in [0.3, 0.4) is 0 Å². The topological polar surface area (TPSA) is 41.6 Å². The SMILES string of the molecule is CNN1CCC(CC(=O)OC)C1. The molecule has 0 aromatic carbocycles. The predicted octanol–water partition coefficient (Wildman–Crippen LogP) is 0.00580. The molecule has 1 unspecified atom stereocenters. The molecule has 70 valence electrons. The van der Waals surface area contributed by atoms with E-state index in [1.165, 1.54) is 7.11 Å². The van der Waals surface area contributed by atoms with Crippen molar-refractivity contribution in [3.63, 3.8) is 0 Å². The number of nitrogens with zero attached hydrogens (tertiary/aromatic N) is 1. The Balaban J connectivity index is 2.23. The van der Waals surface area contributed by atoms with E-state index in [-0.39, 0.29) is 5.97 Å². The molecule has 0 aliphatic carbocycles. The van der Waals surface area contributed by atoms with Crippen LogP contribution in [0.2, 0.25) is 0 Å². The summed E-state index contributed by atoms with van der Waals surface area (Å²) in [6, 6.07) is 0. The first-order valence-electron chi connectivity index (χ1n) is 4.25. The van der Waals surface area contributed by atoms with Crippen molar-refractivity contribution in [1.29, 1.82) is 0 Å². The van der Waals surface area contributed by atoms with Gasteiger partial charge in [-0.05, 0) is 19.4 Å². The number of rotatable bonds is 3. The van der Waals surface area contributed by atoms with Crippen LogP contribution in [-0.4, -0.2) is 38.2 Å². The number of esters is 1. The maximum atomic E-state index is 10.9. The number of methoxy groups -OCH3 is 1. The highest BCUT2D eigenvalue weighted by Gasteiger charge is 2.23. The fraction of sp³-hybridized carbons (Fsp3) is 0.875. The van der Waals surface area contributed by atoms with E-state index in [1.807, 2.05) is 7.05 Å². The van der Waals surface area contributed by atoms with Crippen molar-refractivity contribution in [3.05, 3.63) is 0 Å². The first kappa shape index (κ1) is 9.48. The van der Waals surface area contributed by atoms with Gasteiger partial charge in [0.05, 0.1) is 7.11 Å². The van der Waals surface area contributed by atoms with Crippen LogP contribution in [0.5, 0.6) is 0 Å². The van der Waals surface area contributed by atoms with Gasteiger partial charge in [-0.25, -0.2) is 5.01 Å². The summed E-state index contributed by atoms with van der Waals surface area (Å²) in [5, 5.41) is 2.12. The molecule has 1 atom stereocenters. The average molecular weight is 172 g/mol. The van der Waals surface area contributed by atoms with E-state index < -0.39 is 0 Å². The number of hydrazine groups is 1. The average Bonchev–Trinajstić information content (AvgIpc) is 2.52. The van der Waals surface area contributed by atoms with Gasteiger partial charge in [-0.1, -0.05) is 0 Å². The van der Waals surface area contributed by atoms with Crippen LogP contribution < -0.4 is 5.43 Å². The largest absolute Gasteiger partial charge is 0.469 e. The zero-order valence-electron chi connectivity index (χ0n) is 7.67. The summed E-state index contributed by atoms with van der Waals surface area (Å²) in [5.41, 5.74) is 3.07. The molecule has 1 fully saturated rings. The lowest BCUT2D eigenvalue weighted by Gasteiger charge is -2.13. The van der Waals surface area contributed by atoms with Gasteiger partial charge in [0.15, 0.2) is 0 Å². The van der Waals surface area contributed by atoms with E-state index in [4.69, 9.17) is 0 Å². The van der Waals surface area contributed by atoms with Crippen LogP contribution in [0.4, 0.5) is 0 Å². The lowest BCUT2D eigenvalue weighted by molar-refractivity contribution is -0.141. The Morgan fingerprint density at radius 2 is 2.50 bits per heavy atom. The Hall–Kier alpha value is -0.610. The highest BCUT2D eigenvalue weighted by Crippen LogP contribution is 2.17. The number of carbonyl (C=O) groups excluding carboxylic acids is 1. The third-order valence-electron chi connectivity index (χ3n) is 2.29. The number of ether oxygens (including phenoxy) is 1. The number of hydrogen-bond acceptors (Lipinski definition) is 4. The number of carbonyl (C=O) groups is 1. The van der Waals surface area contributed by atoms with Crippen molar-refractivity contribution in [2.24, 2.45) is 5.92 Å². The lowest BCUT2D eigenvalue weighted by atomic mass is 10.1. The molecule has 0 amide bonds. The maximum Gasteiger partial charge on any atom is 0.305 e. The van der Waals surface area contributed by atoms with Crippen LogP contribution in [0, 0.1) is 5.92 Å². The van der Waals surface area contributed by atoms with E-state index in [0.29, 0.717) is 12.3 Å². The van der Waals surface area contributed by atoms with Gasteiger partial charge in [0.2, 0.25) is 0 Å². The van der Waals surface area contributed by atoms with Crippen molar-refractivity contribution < 1.29 is 9.53 Å². The molecule has 1 rings (SSSR count). The molecule has 12 heavy (non-hydrogen) atoms. The number of hydrogen-bond donors (Lipinski definition) is 1. The summed E-state index contributed by atoms with van der Waals surface area (Å²) >= 11 is 0. The molecule has 0 aromatic heterocycles. The highest BCUT2D eigenvalue weighted by atomic mass is 16.5. The second kappa shape index (κ2) is 4.42. The molecule has 4 heteroatoms. The molecule has 0 aromatic rings. The second-order valence-electron chi connectivity index (χ2n) is 3.10. The molecule has 1 heterocycles. The fourth-order valence-corrected chi connectivity index (χ4v) is 1.52. The van der Waals surface area contributed by atoms with E-state index in [2.05, 4.69) is 15.2 Å². The third-order valence-corrected chi connectivity index (χ3v) is 2.29. The Labute approximate surface area is 72.8 Å². The van der Waals surface area contributed by atoms with Crippen molar-refractivity contribution in [2.75, 3.05) is 27.2 Å². The summed E-state index contributed by atoms with van der Waals surface area (Å²) < 4.78 is 4.60. The van der Waals surface area contributed by atoms with Gasteiger partial charge in [-0.3, -0.25) is 10.2 Å². The van der Waals surface area contributed by atoms with Crippen LogP contribution in [0.25, 0.3) is 0 Å². The minimum atomic E-state index is -0.0991. The molecule has 1 N–H and O–H groups in total. The van der Waals surface area contributed by atoms with Crippen molar-refractivity contribution in [1.82, 2.24) is 10.4 Å². The second-order valence-corrected chi connectivity index (χ2v) is 3.10. The minimum absolute atomic E-state index is 0.0991. The van der Waals surface area contributed by atoms with Crippen LogP contribution >= 0.6 is 0 Å². The molecular formula is C8H16N2O2. The third kappa shape index (κ3) is 2.46. The van der Waals surface area contributed by atoms with Crippen molar-refractivity contribution in [2.45, 2.75) is 12.8 Å². The Bertz CT molecular complexity index is 161. The van der Waals surface area contributed by atoms with Crippen LogP contribution in [0.1, 0.15) is 12.8 Å². The standard InChI is InChI=1S/C8H16N2O2/c1-9-10-4-3-7(6-10)5-8(11)12-2/h7,9H,3-6H2,1-2H3. The molecule has 0 spiro atoms. The van der Waals surface area contributed by atoms with E-state index in [1.54, 1.807) is 0 Å². The van der Waals surface area contributed by atoms with E-state index in [0.717, 1.165) is 19.5 Å². The molecule has 1 aliphatic heterocycles. The van der Waals surface area contributed by atoms with E-state index in [9.17, 15) is 4.79 Å². The predicted molar refractivity (Wildman–Crippen MR) is 45.4 cm³/mol. The minimum Gasteiger partial charge on any atom is -0.469 e. The first-order chi connectivity index (χ1) is 5.76. The molecule has 0 bridgehead atoms. The lowest BCUT2D eigenvalue weighted by Crippen LogP contribution is -2.32. The molecule has 1 aliphatic rings. The van der Waals surface area contributed by atoms with Crippen molar-refractivity contribution >= 4 is 5.97 Å². The smallest absolute Gasteiger partial charge is 0.305 e. The molecule has 4 nitrogen and oxygen atoms in total. The molecular weight excluding hydrogens is 156 g/mol. The van der Waals surface area contributed by atoms with E-state index >= 15 is 0 Å². The molecule has 0 radical (unpaired) electrons. The summed E-state index contributed by atoms with van der Waals surface area (Å²) in [6.07, 6.45) is 1.63. The van der Waals surface area contributed by atoms with Gasteiger partial charge >= 0.3 is 5.97 Å². The van der Waals surface area contributed by atoms with Crippen molar-refractivity contribution in [3.8, 4) is 0 Å². The Morgan fingerprint density at radius 3 is 3.00 bits per heavy atom. The summed E-state index contributed by atoms with van der Waals surface area (Å²) in [6.45, 7) is 1.98. The van der Waals surface area contributed by atoms with Crippen LogP contribution in [0.15, 0.2) is 0 Å². The fourth-order valence-electron chi connectivity index (χ4n) is 1.52. The summed E-state index contributed by atoms with van der Waals surface area (Å²) in [5.74, 6) is 0.364. The van der Waals surface area contributed by atoms with Gasteiger partial charge in [-0.15, -0.1) is 0 Å². The maximum absolute atomic E-state index is 10.9. The van der Waals surface area contributed by atoms with Gasteiger partial charge in [0, 0.05) is 19.5 Å². The highest BCUT2D eigenvalue weighted by molar-refractivity contribution is 5.69. The normalized spacial score (nSPS) is 24.3. The zero-order valence-corrected chi connectivity index (χ0v) is 7.67. The quantitative estimate of drug-likeness (QED) is 0.609. The first-order valence-corrected chi connectivity index (χ1v) is 4.25. The summed E-state index contributed by atoms with van der Waals surface area (Å²) in [4.78, 5) is 10.9. The van der Waals surface area contributed by atoms with Crippen LogP contribution in [-0.2, 0) is 9.53 Å². The Morgan fingerprint density at radius 1 is 1.75 bits per heavy atom. The van der Waals surface area contributed by atoms with Gasteiger partial charge < -0.3 is 4.74 Å². The number of nitrogens with one attached hydrogen (secondary N) is 1. The molecule has 1 saturated heterocycles. The summed E-state index contributed by atoms with van der Waals surface area (Å²) in [7, 11) is 3.34. The van der Waals surface area contributed by atoms with Gasteiger partial charge in [-0.2, -0.15) is 0 Å². The van der Waals surface area contributed by atoms with Gasteiger partial charge in [0.1, 0.15) is 0 Å². The zero-order chi connectivity index (χ0) is 8.97. The monoisotopic (exact) mass is 172 g/mol. The Kier molecular flexibility index (Phi) is 3.49. The molecule has 0 saturated carbocycles. The van der Waals surface area contributed by atoms with Gasteiger partial charge in [0.25, 0.3) is 0 Å².